The van der Waals surface area contributed by atoms with Gasteiger partial charge in [0.15, 0.2) is 17.5 Å². The molecule has 0 radical (unpaired) electrons. The highest BCUT2D eigenvalue weighted by Crippen LogP contribution is 2.32. The van der Waals surface area contributed by atoms with Gasteiger partial charge in [0, 0.05) is 23.3 Å². The van der Waals surface area contributed by atoms with E-state index >= 15 is 4.39 Å². The zero-order chi connectivity index (χ0) is 32.8. The average molecular weight is 635 g/mol. The third kappa shape index (κ3) is 7.86. The number of hydrogen-bond acceptors (Lipinski definition) is 1. The van der Waals surface area contributed by atoms with Gasteiger partial charge in [-0.2, -0.15) is 8.78 Å². The lowest BCUT2D eigenvalue weighted by Gasteiger charge is -2.15. The first-order chi connectivity index (χ1) is 22.0. The first kappa shape index (κ1) is 32.5. The molecule has 0 saturated heterocycles. The summed E-state index contributed by atoms with van der Waals surface area (Å²) in [7, 11) is 0. The SMILES string of the molecule is CCCCCc1ccc(-c2ccc(-c3ccc(C=CC(F)(F)Oc4ccc(-c5cc(F)c(F)c(F)c5)c(F)c4)cc3)c(F)c2)cc1. The Balaban J connectivity index is 1.23. The first-order valence-corrected chi connectivity index (χ1v) is 14.7. The molecule has 5 aromatic carbocycles. The van der Waals surface area contributed by atoms with Crippen molar-refractivity contribution in [2.45, 2.75) is 38.7 Å². The Morgan fingerprint density at radius 3 is 1.78 bits per heavy atom. The fourth-order valence-electron chi connectivity index (χ4n) is 5.03. The van der Waals surface area contributed by atoms with Crippen LogP contribution in [0.3, 0.4) is 0 Å². The van der Waals surface area contributed by atoms with Gasteiger partial charge in [-0.3, -0.25) is 0 Å². The summed E-state index contributed by atoms with van der Waals surface area (Å²) in [6, 6.07) is 23.2. The number of benzene rings is 5. The fourth-order valence-corrected chi connectivity index (χ4v) is 5.03. The van der Waals surface area contributed by atoms with E-state index in [1.54, 1.807) is 30.3 Å². The lowest BCUT2D eigenvalue weighted by molar-refractivity contribution is -0.131. The van der Waals surface area contributed by atoms with Crippen molar-refractivity contribution >= 4 is 6.08 Å². The number of unbranched alkanes of at least 4 members (excludes halogenated alkanes) is 2. The number of rotatable bonds is 11. The molecule has 0 aliphatic carbocycles. The van der Waals surface area contributed by atoms with Crippen molar-refractivity contribution in [3.8, 4) is 39.1 Å². The Hall–Kier alpha value is -4.85. The van der Waals surface area contributed by atoms with Crippen LogP contribution >= 0.6 is 0 Å². The Morgan fingerprint density at radius 2 is 1.15 bits per heavy atom. The number of hydrogen-bond donors (Lipinski definition) is 0. The van der Waals surface area contributed by atoms with Gasteiger partial charge in [0.2, 0.25) is 0 Å². The Bertz CT molecular complexity index is 1820. The quantitative estimate of drug-likeness (QED) is 0.0798. The molecule has 5 rings (SSSR count). The van der Waals surface area contributed by atoms with Crippen LogP contribution in [0.5, 0.6) is 5.75 Å². The molecule has 0 saturated carbocycles. The molecule has 236 valence electrons. The molecule has 0 aromatic heterocycles. The van der Waals surface area contributed by atoms with E-state index in [0.29, 0.717) is 41.0 Å². The van der Waals surface area contributed by atoms with Gasteiger partial charge in [0.05, 0.1) is 0 Å². The molecule has 0 bridgehead atoms. The van der Waals surface area contributed by atoms with Crippen LogP contribution in [0.4, 0.5) is 30.7 Å². The maximum atomic E-state index is 15.1. The summed E-state index contributed by atoms with van der Waals surface area (Å²) >= 11 is 0. The van der Waals surface area contributed by atoms with Crippen molar-refractivity contribution < 1.29 is 35.5 Å². The summed E-state index contributed by atoms with van der Waals surface area (Å²) in [5.41, 5.74) is 3.56. The molecule has 0 atom stereocenters. The van der Waals surface area contributed by atoms with Gasteiger partial charge in [0.25, 0.3) is 0 Å². The largest absolute Gasteiger partial charge is 0.429 e. The first-order valence-electron chi connectivity index (χ1n) is 14.7. The zero-order valence-electron chi connectivity index (χ0n) is 24.8. The van der Waals surface area contributed by atoms with Crippen LogP contribution in [0.2, 0.25) is 0 Å². The van der Waals surface area contributed by atoms with E-state index in [-0.39, 0.29) is 11.1 Å². The molecule has 5 aromatic rings. The monoisotopic (exact) mass is 634 g/mol. The maximum Gasteiger partial charge on any atom is 0.419 e. The lowest BCUT2D eigenvalue weighted by Crippen LogP contribution is -2.21. The molecule has 0 fully saturated rings. The molecule has 0 unspecified atom stereocenters. The van der Waals surface area contributed by atoms with Crippen LogP contribution in [-0.2, 0) is 6.42 Å². The second kappa shape index (κ2) is 14.1. The molecule has 0 amide bonds. The number of aryl methyl sites for hydroxylation is 1. The zero-order valence-corrected chi connectivity index (χ0v) is 24.8. The van der Waals surface area contributed by atoms with E-state index in [9.17, 15) is 26.3 Å². The molecule has 0 heterocycles. The summed E-state index contributed by atoms with van der Waals surface area (Å²) < 4.78 is 104. The number of halogens is 7. The lowest BCUT2D eigenvalue weighted by atomic mass is 9.97. The second-order valence-corrected chi connectivity index (χ2v) is 10.9. The highest BCUT2D eigenvalue weighted by Gasteiger charge is 2.28. The highest BCUT2D eigenvalue weighted by atomic mass is 19.3. The van der Waals surface area contributed by atoms with E-state index in [2.05, 4.69) is 23.8 Å². The van der Waals surface area contributed by atoms with Crippen molar-refractivity contribution in [2.75, 3.05) is 0 Å². The molecular weight excluding hydrogens is 605 g/mol. The van der Waals surface area contributed by atoms with E-state index in [1.165, 1.54) is 18.1 Å². The molecule has 0 N–H and O–H groups in total. The minimum Gasteiger partial charge on any atom is -0.429 e. The molecular formula is C38H29F7O. The number of alkyl halides is 2. The molecule has 8 heteroatoms. The Morgan fingerprint density at radius 1 is 0.587 bits per heavy atom. The van der Waals surface area contributed by atoms with Crippen molar-refractivity contribution in [1.29, 1.82) is 0 Å². The molecule has 1 nitrogen and oxygen atoms in total. The second-order valence-electron chi connectivity index (χ2n) is 10.9. The van der Waals surface area contributed by atoms with Crippen molar-refractivity contribution in [1.82, 2.24) is 0 Å². The van der Waals surface area contributed by atoms with Crippen molar-refractivity contribution in [2.24, 2.45) is 0 Å². The smallest absolute Gasteiger partial charge is 0.419 e. The predicted octanol–water partition coefficient (Wildman–Crippen LogP) is 11.8. The van der Waals surface area contributed by atoms with Crippen LogP contribution < -0.4 is 4.74 Å². The van der Waals surface area contributed by atoms with Gasteiger partial charge in [-0.15, -0.1) is 0 Å². The van der Waals surface area contributed by atoms with Gasteiger partial charge < -0.3 is 4.74 Å². The van der Waals surface area contributed by atoms with Gasteiger partial charge in [-0.1, -0.05) is 80.4 Å². The summed E-state index contributed by atoms with van der Waals surface area (Å²) in [5.74, 6) is -6.80. The molecule has 0 aliphatic heterocycles. The minimum atomic E-state index is -3.85. The van der Waals surface area contributed by atoms with Gasteiger partial charge >= 0.3 is 6.11 Å². The van der Waals surface area contributed by atoms with Crippen LogP contribution in [0.25, 0.3) is 39.5 Å². The van der Waals surface area contributed by atoms with Crippen LogP contribution in [0.1, 0.15) is 37.3 Å². The summed E-state index contributed by atoms with van der Waals surface area (Å²) in [5, 5.41) is 0. The summed E-state index contributed by atoms with van der Waals surface area (Å²) in [4.78, 5) is 0. The average Bonchev–Trinajstić information content (AvgIpc) is 3.03. The highest BCUT2D eigenvalue weighted by molar-refractivity contribution is 5.72. The van der Waals surface area contributed by atoms with Crippen LogP contribution in [0.15, 0.2) is 103 Å². The number of ether oxygens (including phenoxy) is 1. The van der Waals surface area contributed by atoms with E-state index in [4.69, 9.17) is 0 Å². The third-order valence-electron chi connectivity index (χ3n) is 7.51. The Labute approximate surface area is 262 Å². The predicted molar refractivity (Wildman–Crippen MR) is 167 cm³/mol. The normalized spacial score (nSPS) is 11.7. The fraction of sp³-hybridized carbons (Fsp3) is 0.158. The van der Waals surface area contributed by atoms with E-state index in [1.807, 2.05) is 18.2 Å². The molecule has 0 spiro atoms. The van der Waals surface area contributed by atoms with Crippen LogP contribution in [-0.4, -0.2) is 6.11 Å². The minimum absolute atomic E-state index is 0.311. The maximum absolute atomic E-state index is 15.1. The van der Waals surface area contributed by atoms with Gasteiger partial charge in [-0.05, 0) is 82.6 Å². The van der Waals surface area contributed by atoms with Crippen molar-refractivity contribution in [3.63, 3.8) is 0 Å². The van der Waals surface area contributed by atoms with Crippen molar-refractivity contribution in [3.05, 3.63) is 143 Å². The van der Waals surface area contributed by atoms with E-state index < -0.39 is 40.9 Å². The van der Waals surface area contributed by atoms with Gasteiger partial charge in [-0.25, -0.2) is 22.0 Å². The standard InChI is InChI=1S/C38H29F7O/c1-2-3-4-5-24-6-10-26(11-7-24)28-14-16-31(33(39)20-28)27-12-8-25(9-13-27)18-19-38(44,45)46-30-15-17-32(34(40)23-30)29-21-35(41)37(43)36(42)22-29/h6-23H,2-5H2,1H3. The van der Waals surface area contributed by atoms with Gasteiger partial charge in [0.1, 0.15) is 17.4 Å². The summed E-state index contributed by atoms with van der Waals surface area (Å²) in [6.07, 6.45) is 2.22. The van der Waals surface area contributed by atoms with E-state index in [0.717, 1.165) is 48.6 Å². The van der Waals surface area contributed by atoms with Crippen LogP contribution in [0, 0.1) is 29.1 Å². The topological polar surface area (TPSA) is 9.23 Å². The third-order valence-corrected chi connectivity index (χ3v) is 7.51. The molecule has 46 heavy (non-hydrogen) atoms. The summed E-state index contributed by atoms with van der Waals surface area (Å²) in [6.45, 7) is 2.16. The Kier molecular flexibility index (Phi) is 9.95. The molecule has 0 aliphatic rings.